The van der Waals surface area contributed by atoms with Crippen molar-refractivity contribution in [1.29, 1.82) is 0 Å². The third-order valence-corrected chi connectivity index (χ3v) is 3.11. The van der Waals surface area contributed by atoms with Crippen molar-refractivity contribution < 1.29 is 9.53 Å². The number of ether oxygens (including phenoxy) is 1. The van der Waals surface area contributed by atoms with Crippen LogP contribution in [0.5, 0.6) is 5.88 Å². The SMILES string of the molecule is CCCn1ncc(Br)c1C(=O)c1ccc(OC)nn1. The summed E-state index contributed by atoms with van der Waals surface area (Å²) in [7, 11) is 1.50. The smallest absolute Gasteiger partial charge is 0.233 e. The maximum absolute atomic E-state index is 12.4. The highest BCUT2D eigenvalue weighted by atomic mass is 79.9. The number of aryl methyl sites for hydroxylation is 1. The van der Waals surface area contributed by atoms with Crippen LogP contribution in [-0.4, -0.2) is 32.9 Å². The first-order valence-electron chi connectivity index (χ1n) is 5.81. The third kappa shape index (κ3) is 2.81. The summed E-state index contributed by atoms with van der Waals surface area (Å²) >= 11 is 3.34. The summed E-state index contributed by atoms with van der Waals surface area (Å²) in [6, 6.07) is 3.19. The molecule has 0 radical (unpaired) electrons. The molecular weight excluding hydrogens is 312 g/mol. The number of hydrogen-bond donors (Lipinski definition) is 0. The molecule has 0 saturated carbocycles. The molecule has 0 fully saturated rings. The molecule has 0 aliphatic carbocycles. The number of halogens is 1. The van der Waals surface area contributed by atoms with Crippen LogP contribution in [0.3, 0.4) is 0 Å². The van der Waals surface area contributed by atoms with E-state index in [1.54, 1.807) is 23.0 Å². The molecule has 2 aromatic heterocycles. The van der Waals surface area contributed by atoms with Crippen molar-refractivity contribution in [2.45, 2.75) is 19.9 Å². The lowest BCUT2D eigenvalue weighted by Gasteiger charge is -2.05. The molecule has 0 amide bonds. The first-order chi connectivity index (χ1) is 9.17. The second-order valence-corrected chi connectivity index (χ2v) is 4.71. The van der Waals surface area contributed by atoms with E-state index in [9.17, 15) is 4.79 Å². The fourth-order valence-electron chi connectivity index (χ4n) is 1.64. The van der Waals surface area contributed by atoms with Gasteiger partial charge in [-0.05, 0) is 28.4 Å². The summed E-state index contributed by atoms with van der Waals surface area (Å²) in [5, 5.41) is 11.8. The molecule has 0 atom stereocenters. The number of ketones is 1. The zero-order chi connectivity index (χ0) is 13.8. The molecule has 100 valence electrons. The average Bonchev–Trinajstić information content (AvgIpc) is 2.80. The Labute approximate surface area is 118 Å². The molecule has 0 bridgehead atoms. The molecule has 6 nitrogen and oxygen atoms in total. The van der Waals surface area contributed by atoms with Crippen LogP contribution in [-0.2, 0) is 6.54 Å². The largest absolute Gasteiger partial charge is 0.480 e. The predicted molar refractivity (Wildman–Crippen MR) is 72.2 cm³/mol. The number of carbonyl (C=O) groups is 1. The first kappa shape index (κ1) is 13.7. The van der Waals surface area contributed by atoms with Crippen molar-refractivity contribution in [1.82, 2.24) is 20.0 Å². The highest BCUT2D eigenvalue weighted by Gasteiger charge is 2.20. The van der Waals surface area contributed by atoms with Gasteiger partial charge in [-0.1, -0.05) is 6.92 Å². The van der Waals surface area contributed by atoms with Gasteiger partial charge in [-0.25, -0.2) is 0 Å². The van der Waals surface area contributed by atoms with Crippen molar-refractivity contribution in [3.63, 3.8) is 0 Å². The van der Waals surface area contributed by atoms with Gasteiger partial charge in [0, 0.05) is 12.6 Å². The molecule has 19 heavy (non-hydrogen) atoms. The maximum atomic E-state index is 12.4. The van der Waals surface area contributed by atoms with E-state index in [-0.39, 0.29) is 11.5 Å². The first-order valence-corrected chi connectivity index (χ1v) is 6.60. The Kier molecular flexibility index (Phi) is 4.26. The van der Waals surface area contributed by atoms with Crippen LogP contribution in [0.15, 0.2) is 22.8 Å². The number of hydrogen-bond acceptors (Lipinski definition) is 5. The number of rotatable bonds is 5. The summed E-state index contributed by atoms with van der Waals surface area (Å²) in [5.41, 5.74) is 0.751. The van der Waals surface area contributed by atoms with E-state index in [0.29, 0.717) is 22.6 Å². The van der Waals surface area contributed by atoms with Gasteiger partial charge in [-0.3, -0.25) is 9.48 Å². The Morgan fingerprint density at radius 1 is 1.42 bits per heavy atom. The minimum atomic E-state index is -0.215. The average molecular weight is 325 g/mol. The fourth-order valence-corrected chi connectivity index (χ4v) is 2.12. The van der Waals surface area contributed by atoms with Crippen LogP contribution in [0.1, 0.15) is 29.5 Å². The Hall–Kier alpha value is -1.76. The van der Waals surface area contributed by atoms with Gasteiger partial charge in [-0.15, -0.1) is 10.2 Å². The van der Waals surface area contributed by atoms with Gasteiger partial charge in [0.1, 0.15) is 11.4 Å². The van der Waals surface area contributed by atoms with E-state index in [0.717, 1.165) is 6.42 Å². The lowest BCUT2D eigenvalue weighted by molar-refractivity contribution is 0.102. The quantitative estimate of drug-likeness (QED) is 0.787. The molecule has 0 aliphatic heterocycles. The van der Waals surface area contributed by atoms with E-state index in [1.165, 1.54) is 7.11 Å². The molecule has 0 spiro atoms. The molecule has 2 rings (SSSR count). The molecule has 0 aromatic carbocycles. The number of methoxy groups -OCH3 is 1. The molecule has 0 N–H and O–H groups in total. The van der Waals surface area contributed by atoms with Gasteiger partial charge in [0.15, 0.2) is 0 Å². The number of aromatic nitrogens is 4. The highest BCUT2D eigenvalue weighted by molar-refractivity contribution is 9.10. The molecule has 0 saturated heterocycles. The molecule has 2 heterocycles. The Bertz CT molecular complexity index is 580. The Morgan fingerprint density at radius 3 is 2.79 bits per heavy atom. The zero-order valence-corrected chi connectivity index (χ0v) is 12.2. The van der Waals surface area contributed by atoms with E-state index < -0.39 is 0 Å². The van der Waals surface area contributed by atoms with Crippen molar-refractivity contribution in [2.24, 2.45) is 0 Å². The lowest BCUT2D eigenvalue weighted by Crippen LogP contribution is -2.13. The van der Waals surface area contributed by atoms with E-state index >= 15 is 0 Å². The second kappa shape index (κ2) is 5.92. The predicted octanol–water partition coefficient (Wildman–Crippen LogP) is 2.09. The fraction of sp³-hybridized carbons (Fsp3) is 0.333. The van der Waals surface area contributed by atoms with Crippen LogP contribution >= 0.6 is 15.9 Å². The van der Waals surface area contributed by atoms with Gasteiger partial charge in [0.25, 0.3) is 0 Å². The molecule has 0 unspecified atom stereocenters. The molecule has 7 heteroatoms. The van der Waals surface area contributed by atoms with E-state index in [4.69, 9.17) is 4.74 Å². The van der Waals surface area contributed by atoms with Crippen LogP contribution in [0.25, 0.3) is 0 Å². The monoisotopic (exact) mass is 324 g/mol. The molecular formula is C12H13BrN4O2. The van der Waals surface area contributed by atoms with Crippen molar-refractivity contribution in [3.8, 4) is 5.88 Å². The number of nitrogens with zero attached hydrogens (tertiary/aromatic N) is 4. The van der Waals surface area contributed by atoms with Crippen molar-refractivity contribution >= 4 is 21.7 Å². The van der Waals surface area contributed by atoms with Crippen molar-refractivity contribution in [2.75, 3.05) is 7.11 Å². The van der Waals surface area contributed by atoms with Crippen molar-refractivity contribution in [3.05, 3.63) is 34.2 Å². The highest BCUT2D eigenvalue weighted by Crippen LogP contribution is 2.19. The van der Waals surface area contributed by atoms with Crippen LogP contribution in [0.2, 0.25) is 0 Å². The topological polar surface area (TPSA) is 69.9 Å². The Morgan fingerprint density at radius 2 is 2.21 bits per heavy atom. The van der Waals surface area contributed by atoms with Gasteiger partial charge in [-0.2, -0.15) is 5.10 Å². The van der Waals surface area contributed by atoms with Crippen LogP contribution < -0.4 is 4.74 Å². The molecule has 2 aromatic rings. The second-order valence-electron chi connectivity index (χ2n) is 3.85. The van der Waals surface area contributed by atoms with E-state index in [2.05, 4.69) is 31.2 Å². The van der Waals surface area contributed by atoms with E-state index in [1.807, 2.05) is 6.92 Å². The summed E-state index contributed by atoms with van der Waals surface area (Å²) < 4.78 is 7.24. The normalized spacial score (nSPS) is 10.5. The molecule has 0 aliphatic rings. The summed E-state index contributed by atoms with van der Waals surface area (Å²) in [6.45, 7) is 2.70. The minimum Gasteiger partial charge on any atom is -0.480 e. The lowest BCUT2D eigenvalue weighted by atomic mass is 10.2. The minimum absolute atomic E-state index is 0.215. The van der Waals surface area contributed by atoms with Gasteiger partial charge in [0.2, 0.25) is 11.7 Å². The summed E-state index contributed by atoms with van der Waals surface area (Å²) in [5.74, 6) is 0.158. The number of carbonyl (C=O) groups excluding carboxylic acids is 1. The summed E-state index contributed by atoms with van der Waals surface area (Å²) in [4.78, 5) is 12.4. The van der Waals surface area contributed by atoms with Crippen LogP contribution in [0, 0.1) is 0 Å². The van der Waals surface area contributed by atoms with Gasteiger partial charge < -0.3 is 4.74 Å². The van der Waals surface area contributed by atoms with Gasteiger partial charge in [0.05, 0.1) is 17.8 Å². The Balaban J connectivity index is 2.34. The standard InChI is InChI=1S/C12H13BrN4O2/c1-3-6-17-11(8(13)7-14-17)12(18)9-4-5-10(19-2)16-15-9/h4-5,7H,3,6H2,1-2H3. The summed E-state index contributed by atoms with van der Waals surface area (Å²) in [6.07, 6.45) is 2.50. The zero-order valence-electron chi connectivity index (χ0n) is 10.6. The van der Waals surface area contributed by atoms with Gasteiger partial charge >= 0.3 is 0 Å². The van der Waals surface area contributed by atoms with Crippen LogP contribution in [0.4, 0.5) is 0 Å². The third-order valence-electron chi connectivity index (χ3n) is 2.53. The maximum Gasteiger partial charge on any atom is 0.233 e.